The first-order chi connectivity index (χ1) is 6.54. The van der Waals surface area contributed by atoms with Gasteiger partial charge < -0.3 is 10.5 Å². The zero-order chi connectivity index (χ0) is 10.6. The van der Waals surface area contributed by atoms with E-state index in [1.807, 2.05) is 0 Å². The van der Waals surface area contributed by atoms with E-state index in [-0.39, 0.29) is 5.54 Å². The molecule has 2 heteroatoms. The summed E-state index contributed by atoms with van der Waals surface area (Å²) in [6, 6.07) is 0. The highest BCUT2D eigenvalue weighted by molar-refractivity contribution is 4.86. The molecule has 0 aromatic rings. The monoisotopic (exact) mass is 199 g/mol. The third-order valence-corrected chi connectivity index (χ3v) is 3.28. The summed E-state index contributed by atoms with van der Waals surface area (Å²) in [5.41, 5.74) is 6.11. The highest BCUT2D eigenvalue weighted by Gasteiger charge is 2.30. The summed E-state index contributed by atoms with van der Waals surface area (Å²) in [5.74, 6) is 0.684. The molecular weight excluding hydrogens is 174 g/mol. The van der Waals surface area contributed by atoms with Gasteiger partial charge >= 0.3 is 0 Å². The van der Waals surface area contributed by atoms with Gasteiger partial charge in [-0.15, -0.1) is 0 Å². The highest BCUT2D eigenvalue weighted by atomic mass is 16.5. The normalized spacial score (nSPS) is 29.1. The third-order valence-electron chi connectivity index (χ3n) is 3.28. The second kappa shape index (κ2) is 5.13. The molecule has 0 heterocycles. The van der Waals surface area contributed by atoms with Crippen LogP contribution in [0.5, 0.6) is 0 Å². The van der Waals surface area contributed by atoms with Crippen molar-refractivity contribution in [2.75, 3.05) is 6.61 Å². The summed E-state index contributed by atoms with van der Waals surface area (Å²) in [5, 5.41) is 0. The first-order valence-electron chi connectivity index (χ1n) is 5.94. The van der Waals surface area contributed by atoms with Crippen LogP contribution in [0.1, 0.15) is 52.9 Å². The average molecular weight is 199 g/mol. The average Bonchev–Trinajstić information content (AvgIpc) is 2.14. The Labute approximate surface area is 88.2 Å². The van der Waals surface area contributed by atoms with E-state index in [2.05, 4.69) is 20.8 Å². The van der Waals surface area contributed by atoms with Gasteiger partial charge in [0.2, 0.25) is 0 Å². The number of ether oxygens (including phenoxy) is 1. The third kappa shape index (κ3) is 3.58. The van der Waals surface area contributed by atoms with Gasteiger partial charge in [-0.3, -0.25) is 0 Å². The Hall–Kier alpha value is -0.0800. The van der Waals surface area contributed by atoms with Crippen LogP contribution < -0.4 is 5.73 Å². The molecule has 0 aromatic heterocycles. The Kier molecular flexibility index (Phi) is 4.39. The molecule has 0 atom stereocenters. The smallest absolute Gasteiger partial charge is 0.0575 e. The molecule has 1 fully saturated rings. The van der Waals surface area contributed by atoms with Crippen molar-refractivity contribution in [2.24, 2.45) is 11.7 Å². The summed E-state index contributed by atoms with van der Waals surface area (Å²) < 4.78 is 5.75. The van der Waals surface area contributed by atoms with E-state index >= 15 is 0 Å². The lowest BCUT2D eigenvalue weighted by Crippen LogP contribution is -2.43. The van der Waals surface area contributed by atoms with Crippen LogP contribution in [-0.4, -0.2) is 18.2 Å². The number of hydrogen-bond acceptors (Lipinski definition) is 2. The van der Waals surface area contributed by atoms with Gasteiger partial charge in [0.1, 0.15) is 0 Å². The van der Waals surface area contributed by atoms with Gasteiger partial charge in [0, 0.05) is 12.1 Å². The SMILES string of the molecule is CCCOC1CCC(C(C)(C)N)CC1. The Balaban J connectivity index is 2.24. The van der Waals surface area contributed by atoms with Gasteiger partial charge in [0.15, 0.2) is 0 Å². The van der Waals surface area contributed by atoms with Crippen LogP contribution in [0.25, 0.3) is 0 Å². The molecule has 0 radical (unpaired) electrons. The Morgan fingerprint density at radius 1 is 1.21 bits per heavy atom. The van der Waals surface area contributed by atoms with Crippen molar-refractivity contribution in [3.05, 3.63) is 0 Å². The van der Waals surface area contributed by atoms with Crippen LogP contribution in [0.4, 0.5) is 0 Å². The molecule has 84 valence electrons. The molecule has 0 unspecified atom stereocenters. The van der Waals surface area contributed by atoms with Gasteiger partial charge in [-0.1, -0.05) is 6.92 Å². The van der Waals surface area contributed by atoms with Crippen molar-refractivity contribution in [3.8, 4) is 0 Å². The fourth-order valence-corrected chi connectivity index (χ4v) is 2.26. The van der Waals surface area contributed by atoms with E-state index < -0.39 is 0 Å². The standard InChI is InChI=1S/C12H25NO/c1-4-9-14-11-7-5-10(6-8-11)12(2,3)13/h10-11H,4-9,13H2,1-3H3. The van der Waals surface area contributed by atoms with Gasteiger partial charge in [0.25, 0.3) is 0 Å². The molecule has 14 heavy (non-hydrogen) atoms. The zero-order valence-electron chi connectivity index (χ0n) is 9.88. The summed E-state index contributed by atoms with van der Waals surface area (Å²) >= 11 is 0. The molecule has 1 saturated carbocycles. The zero-order valence-corrected chi connectivity index (χ0v) is 9.88. The summed E-state index contributed by atoms with van der Waals surface area (Å²) in [6.07, 6.45) is 6.50. The van der Waals surface area contributed by atoms with Gasteiger partial charge in [-0.2, -0.15) is 0 Å². The Morgan fingerprint density at radius 2 is 1.79 bits per heavy atom. The molecule has 2 nitrogen and oxygen atoms in total. The van der Waals surface area contributed by atoms with Crippen LogP contribution in [0.2, 0.25) is 0 Å². The van der Waals surface area contributed by atoms with Crippen molar-refractivity contribution in [1.29, 1.82) is 0 Å². The molecule has 0 aliphatic heterocycles. The predicted molar refractivity (Wildman–Crippen MR) is 60.3 cm³/mol. The fraction of sp³-hybridized carbons (Fsp3) is 1.00. The molecule has 1 aliphatic rings. The maximum Gasteiger partial charge on any atom is 0.0575 e. The first-order valence-corrected chi connectivity index (χ1v) is 5.94. The molecule has 0 aromatic carbocycles. The molecule has 0 saturated heterocycles. The number of rotatable bonds is 4. The minimum absolute atomic E-state index is 0.00424. The van der Waals surface area contributed by atoms with Crippen molar-refractivity contribution in [2.45, 2.75) is 64.5 Å². The lowest BCUT2D eigenvalue weighted by Gasteiger charge is -2.36. The summed E-state index contributed by atoms with van der Waals surface area (Å²) in [7, 11) is 0. The molecule has 1 aliphatic carbocycles. The maximum atomic E-state index is 6.11. The molecule has 0 bridgehead atoms. The maximum absolute atomic E-state index is 6.11. The Bertz CT molecular complexity index is 154. The lowest BCUT2D eigenvalue weighted by molar-refractivity contribution is 0.0111. The summed E-state index contributed by atoms with van der Waals surface area (Å²) in [4.78, 5) is 0. The second-order valence-corrected chi connectivity index (χ2v) is 5.17. The topological polar surface area (TPSA) is 35.2 Å². The van der Waals surface area contributed by atoms with E-state index in [9.17, 15) is 0 Å². The minimum atomic E-state index is -0.00424. The highest BCUT2D eigenvalue weighted by Crippen LogP contribution is 2.32. The number of hydrogen-bond donors (Lipinski definition) is 1. The van der Waals surface area contributed by atoms with E-state index in [0.717, 1.165) is 13.0 Å². The van der Waals surface area contributed by atoms with Crippen LogP contribution in [0.15, 0.2) is 0 Å². The number of nitrogens with two attached hydrogens (primary N) is 1. The van der Waals surface area contributed by atoms with Gasteiger partial charge in [-0.05, 0) is 51.9 Å². The fourth-order valence-electron chi connectivity index (χ4n) is 2.26. The molecule has 2 N–H and O–H groups in total. The van der Waals surface area contributed by atoms with E-state index in [4.69, 9.17) is 10.5 Å². The lowest BCUT2D eigenvalue weighted by atomic mass is 9.76. The quantitative estimate of drug-likeness (QED) is 0.755. The molecular formula is C12H25NO. The van der Waals surface area contributed by atoms with Crippen molar-refractivity contribution >= 4 is 0 Å². The van der Waals surface area contributed by atoms with E-state index in [1.54, 1.807) is 0 Å². The van der Waals surface area contributed by atoms with E-state index in [1.165, 1.54) is 25.7 Å². The van der Waals surface area contributed by atoms with Crippen LogP contribution in [0.3, 0.4) is 0 Å². The second-order valence-electron chi connectivity index (χ2n) is 5.17. The van der Waals surface area contributed by atoms with Crippen LogP contribution in [0, 0.1) is 5.92 Å². The van der Waals surface area contributed by atoms with Gasteiger partial charge in [-0.25, -0.2) is 0 Å². The molecule has 0 spiro atoms. The first kappa shape index (κ1) is 12.0. The van der Waals surface area contributed by atoms with Gasteiger partial charge in [0.05, 0.1) is 6.10 Å². The minimum Gasteiger partial charge on any atom is -0.378 e. The van der Waals surface area contributed by atoms with Crippen molar-refractivity contribution in [3.63, 3.8) is 0 Å². The van der Waals surface area contributed by atoms with E-state index in [0.29, 0.717) is 12.0 Å². The van der Waals surface area contributed by atoms with Crippen molar-refractivity contribution in [1.82, 2.24) is 0 Å². The van der Waals surface area contributed by atoms with Crippen LogP contribution in [-0.2, 0) is 4.74 Å². The largest absolute Gasteiger partial charge is 0.378 e. The predicted octanol–water partition coefficient (Wildman–Crippen LogP) is 2.71. The molecule has 0 amide bonds. The van der Waals surface area contributed by atoms with Crippen molar-refractivity contribution < 1.29 is 4.74 Å². The van der Waals surface area contributed by atoms with Crippen LogP contribution >= 0.6 is 0 Å². The molecule has 1 rings (SSSR count). The summed E-state index contributed by atoms with van der Waals surface area (Å²) in [6.45, 7) is 7.37. The Morgan fingerprint density at radius 3 is 2.21 bits per heavy atom.